The Morgan fingerprint density at radius 1 is 1.12 bits per heavy atom. The molecule has 2 aromatic heterocycles. The van der Waals surface area contributed by atoms with Crippen molar-refractivity contribution in [2.45, 2.75) is 36.9 Å². The maximum absolute atomic E-state index is 13.0. The fourth-order valence-electron chi connectivity index (χ4n) is 4.39. The minimum Gasteiger partial charge on any atom is -0.348 e. The molecule has 0 bridgehead atoms. The molecule has 0 fully saturated rings. The van der Waals surface area contributed by atoms with E-state index in [-0.39, 0.29) is 23.3 Å². The lowest BCUT2D eigenvalue weighted by molar-refractivity contribution is -0.119. The number of fused-ring (bicyclic) bond motifs is 3. The van der Waals surface area contributed by atoms with E-state index < -0.39 is 0 Å². The Labute approximate surface area is 200 Å². The van der Waals surface area contributed by atoms with Crippen LogP contribution >= 0.6 is 23.1 Å². The standard InChI is InChI=1S/C26H25N3O2S2/c1-29-25(31)23-19-13-8-14-21(19)33-24(23)28-26(29)32-16-22(30)27-20(18-11-6-3-7-12-18)15-17-9-4-2-5-10-17/h2-7,9-12,20H,8,13-16H2,1H3,(H,27,30). The number of carbonyl (C=O) groups excluding carboxylic acids is 1. The third-order valence-electron chi connectivity index (χ3n) is 6.06. The van der Waals surface area contributed by atoms with Gasteiger partial charge in [-0.05, 0) is 42.4 Å². The number of carbonyl (C=O) groups is 1. The number of thioether (sulfide) groups is 1. The van der Waals surface area contributed by atoms with Gasteiger partial charge in [0.1, 0.15) is 4.83 Å². The van der Waals surface area contributed by atoms with Gasteiger partial charge in [0.25, 0.3) is 5.56 Å². The fourth-order valence-corrected chi connectivity index (χ4v) is 6.47. The van der Waals surface area contributed by atoms with Crippen LogP contribution in [0.25, 0.3) is 10.2 Å². The SMILES string of the molecule is Cn1c(SCC(=O)NC(Cc2ccccc2)c2ccccc2)nc2sc3c(c2c1=O)CCC3. The minimum atomic E-state index is -0.124. The summed E-state index contributed by atoms with van der Waals surface area (Å²) in [6.07, 6.45) is 3.82. The number of nitrogens with one attached hydrogen (secondary N) is 1. The van der Waals surface area contributed by atoms with Gasteiger partial charge in [-0.1, -0.05) is 72.4 Å². The van der Waals surface area contributed by atoms with Crippen molar-refractivity contribution in [3.8, 4) is 0 Å². The number of aryl methyl sites for hydroxylation is 2. The second-order valence-electron chi connectivity index (χ2n) is 8.31. The van der Waals surface area contributed by atoms with Crippen LogP contribution in [0.15, 0.2) is 70.6 Å². The fraction of sp³-hybridized carbons (Fsp3) is 0.269. The zero-order valence-corrected chi connectivity index (χ0v) is 20.0. The third-order valence-corrected chi connectivity index (χ3v) is 8.27. The molecule has 0 saturated heterocycles. The van der Waals surface area contributed by atoms with Gasteiger partial charge in [-0.25, -0.2) is 4.98 Å². The van der Waals surface area contributed by atoms with E-state index >= 15 is 0 Å². The van der Waals surface area contributed by atoms with Crippen LogP contribution in [0.3, 0.4) is 0 Å². The molecule has 168 valence electrons. The Kier molecular flexibility index (Phi) is 6.33. The number of rotatable bonds is 7. The molecule has 1 unspecified atom stereocenters. The quantitative estimate of drug-likeness (QED) is 0.312. The van der Waals surface area contributed by atoms with Crippen LogP contribution in [0.4, 0.5) is 0 Å². The van der Waals surface area contributed by atoms with E-state index in [2.05, 4.69) is 17.4 Å². The van der Waals surface area contributed by atoms with Gasteiger partial charge >= 0.3 is 0 Å². The van der Waals surface area contributed by atoms with Crippen LogP contribution in [-0.2, 0) is 31.1 Å². The van der Waals surface area contributed by atoms with Crippen LogP contribution in [0, 0.1) is 0 Å². The highest BCUT2D eigenvalue weighted by molar-refractivity contribution is 7.99. The van der Waals surface area contributed by atoms with Gasteiger partial charge in [0.2, 0.25) is 5.91 Å². The van der Waals surface area contributed by atoms with Gasteiger partial charge in [-0.3, -0.25) is 14.2 Å². The molecule has 1 atom stereocenters. The molecule has 0 radical (unpaired) electrons. The van der Waals surface area contributed by atoms with E-state index in [1.54, 1.807) is 23.0 Å². The molecule has 4 aromatic rings. The molecule has 1 aliphatic rings. The van der Waals surface area contributed by atoms with Crippen molar-refractivity contribution in [3.05, 3.63) is 92.6 Å². The zero-order valence-electron chi connectivity index (χ0n) is 18.4. The molecule has 0 saturated carbocycles. The summed E-state index contributed by atoms with van der Waals surface area (Å²) in [5, 5.41) is 4.54. The Hall–Kier alpha value is -2.90. The highest BCUT2D eigenvalue weighted by Gasteiger charge is 2.23. The average Bonchev–Trinajstić information content (AvgIpc) is 3.42. The lowest BCUT2D eigenvalue weighted by Crippen LogP contribution is -2.31. The Bertz CT molecular complexity index is 1350. The van der Waals surface area contributed by atoms with Crippen molar-refractivity contribution in [2.75, 3.05) is 5.75 Å². The first-order chi connectivity index (χ1) is 16.1. The number of thiophene rings is 1. The molecule has 0 aliphatic heterocycles. The van der Waals surface area contributed by atoms with Crippen molar-refractivity contribution >= 4 is 39.2 Å². The Balaban J connectivity index is 1.32. The second kappa shape index (κ2) is 9.53. The molecular weight excluding hydrogens is 450 g/mol. The van der Waals surface area contributed by atoms with Crippen LogP contribution in [0.2, 0.25) is 0 Å². The van der Waals surface area contributed by atoms with Crippen molar-refractivity contribution < 1.29 is 4.79 Å². The molecule has 7 heteroatoms. The predicted octanol–water partition coefficient (Wildman–Crippen LogP) is 4.68. The highest BCUT2D eigenvalue weighted by atomic mass is 32.2. The number of nitrogens with zero attached hydrogens (tertiary/aromatic N) is 2. The van der Waals surface area contributed by atoms with Crippen molar-refractivity contribution in [3.63, 3.8) is 0 Å². The summed E-state index contributed by atoms with van der Waals surface area (Å²) < 4.78 is 1.59. The van der Waals surface area contributed by atoms with E-state index in [0.717, 1.165) is 35.0 Å². The van der Waals surface area contributed by atoms with E-state index in [0.29, 0.717) is 11.6 Å². The Morgan fingerprint density at radius 2 is 1.85 bits per heavy atom. The molecule has 1 N–H and O–H groups in total. The first-order valence-electron chi connectivity index (χ1n) is 11.1. The molecule has 0 spiro atoms. The van der Waals surface area contributed by atoms with Crippen LogP contribution in [-0.4, -0.2) is 21.2 Å². The lowest BCUT2D eigenvalue weighted by Gasteiger charge is -2.19. The highest BCUT2D eigenvalue weighted by Crippen LogP contribution is 2.35. The van der Waals surface area contributed by atoms with Crippen LogP contribution < -0.4 is 10.9 Å². The predicted molar refractivity (Wildman–Crippen MR) is 135 cm³/mol. The van der Waals surface area contributed by atoms with Crippen LogP contribution in [0.1, 0.15) is 34.0 Å². The molecule has 33 heavy (non-hydrogen) atoms. The third kappa shape index (κ3) is 4.61. The average molecular weight is 476 g/mol. The molecule has 2 aromatic carbocycles. The van der Waals surface area contributed by atoms with E-state index in [9.17, 15) is 9.59 Å². The number of aromatic nitrogens is 2. The van der Waals surface area contributed by atoms with Crippen molar-refractivity contribution in [1.29, 1.82) is 0 Å². The first kappa shape index (κ1) is 21.9. The molecule has 5 rings (SSSR count). The van der Waals surface area contributed by atoms with Gasteiger partial charge in [0.15, 0.2) is 5.16 Å². The van der Waals surface area contributed by atoms with E-state index in [1.165, 1.54) is 27.8 Å². The van der Waals surface area contributed by atoms with Crippen molar-refractivity contribution in [1.82, 2.24) is 14.9 Å². The molecule has 1 amide bonds. The summed E-state index contributed by atoms with van der Waals surface area (Å²) in [7, 11) is 1.75. The largest absolute Gasteiger partial charge is 0.348 e. The normalized spacial score (nSPS) is 13.7. The summed E-state index contributed by atoms with van der Waals surface area (Å²) in [6.45, 7) is 0. The maximum atomic E-state index is 13.0. The maximum Gasteiger partial charge on any atom is 0.262 e. The number of benzene rings is 2. The minimum absolute atomic E-state index is 0.00597. The summed E-state index contributed by atoms with van der Waals surface area (Å²) >= 11 is 2.94. The summed E-state index contributed by atoms with van der Waals surface area (Å²) in [6, 6.07) is 20.1. The van der Waals surface area contributed by atoms with Gasteiger partial charge in [0.05, 0.1) is 17.2 Å². The van der Waals surface area contributed by atoms with Crippen LogP contribution in [0.5, 0.6) is 0 Å². The second-order valence-corrected chi connectivity index (χ2v) is 10.3. The lowest BCUT2D eigenvalue weighted by atomic mass is 9.99. The van der Waals surface area contributed by atoms with Crippen molar-refractivity contribution in [2.24, 2.45) is 7.05 Å². The molecule has 2 heterocycles. The molecule has 1 aliphatic carbocycles. The van der Waals surface area contributed by atoms with Gasteiger partial charge < -0.3 is 5.32 Å². The molecule has 5 nitrogen and oxygen atoms in total. The first-order valence-corrected chi connectivity index (χ1v) is 12.9. The van der Waals surface area contributed by atoms with Gasteiger partial charge in [-0.15, -0.1) is 11.3 Å². The van der Waals surface area contributed by atoms with Gasteiger partial charge in [-0.2, -0.15) is 0 Å². The number of hydrogen-bond acceptors (Lipinski definition) is 5. The van der Waals surface area contributed by atoms with E-state index in [1.807, 2.05) is 48.5 Å². The topological polar surface area (TPSA) is 64.0 Å². The monoisotopic (exact) mass is 475 g/mol. The zero-order chi connectivity index (χ0) is 22.8. The summed E-state index contributed by atoms with van der Waals surface area (Å²) in [5.41, 5.74) is 3.41. The van der Waals surface area contributed by atoms with Gasteiger partial charge in [0, 0.05) is 11.9 Å². The smallest absolute Gasteiger partial charge is 0.262 e. The summed E-state index contributed by atoms with van der Waals surface area (Å²) in [5.74, 6) is 0.127. The number of hydrogen-bond donors (Lipinski definition) is 1. The summed E-state index contributed by atoms with van der Waals surface area (Å²) in [4.78, 5) is 32.8. The molecular formula is C26H25N3O2S2. The number of amides is 1. The van der Waals surface area contributed by atoms with E-state index in [4.69, 9.17) is 4.98 Å². The Morgan fingerprint density at radius 3 is 2.61 bits per heavy atom.